The Morgan fingerprint density at radius 3 is 2.67 bits per heavy atom. The molecule has 1 nitrogen and oxygen atoms in total. The number of epoxide rings is 1. The Morgan fingerprint density at radius 2 is 1.87 bits per heavy atom. The summed E-state index contributed by atoms with van der Waals surface area (Å²) in [4.78, 5) is 0. The lowest BCUT2D eigenvalue weighted by Crippen LogP contribution is -2.03. The number of hydrogen-bond donors (Lipinski definition) is 0. The van der Waals surface area contributed by atoms with Crippen LogP contribution in [0.1, 0.15) is 17.0 Å². The molecule has 0 radical (unpaired) electrons. The molecule has 1 heteroatoms. The predicted molar refractivity (Wildman–Crippen MR) is 60.1 cm³/mol. The summed E-state index contributed by atoms with van der Waals surface area (Å²) in [5.74, 6) is 0.617. The third-order valence-electron chi connectivity index (χ3n) is 3.67. The molecular formula is C14H12O. The highest BCUT2D eigenvalue weighted by Crippen LogP contribution is 2.43. The van der Waals surface area contributed by atoms with Gasteiger partial charge in [-0.05, 0) is 28.3 Å². The zero-order valence-corrected chi connectivity index (χ0v) is 8.44. The lowest BCUT2D eigenvalue weighted by atomic mass is 9.97. The summed E-state index contributed by atoms with van der Waals surface area (Å²) in [6.45, 7) is 0.953. The normalized spacial score (nSPS) is 27.2. The summed E-state index contributed by atoms with van der Waals surface area (Å²) in [6.07, 6.45) is 1.66. The first kappa shape index (κ1) is 7.89. The molecule has 2 atom stereocenters. The maximum atomic E-state index is 5.45. The summed E-state index contributed by atoms with van der Waals surface area (Å²) < 4.78 is 5.45. The monoisotopic (exact) mass is 196 g/mol. The van der Waals surface area contributed by atoms with Crippen LogP contribution in [0, 0.1) is 0 Å². The van der Waals surface area contributed by atoms with Crippen molar-refractivity contribution in [1.82, 2.24) is 0 Å². The summed E-state index contributed by atoms with van der Waals surface area (Å²) in [7, 11) is 0. The van der Waals surface area contributed by atoms with E-state index in [9.17, 15) is 0 Å². The Hall–Kier alpha value is -1.34. The third kappa shape index (κ3) is 1.01. The van der Waals surface area contributed by atoms with E-state index in [0.717, 1.165) is 6.61 Å². The second-order valence-corrected chi connectivity index (χ2v) is 4.54. The van der Waals surface area contributed by atoms with E-state index in [1.807, 2.05) is 0 Å². The summed E-state index contributed by atoms with van der Waals surface area (Å²) in [5, 5.41) is 2.87. The van der Waals surface area contributed by atoms with Crippen LogP contribution in [0.15, 0.2) is 36.4 Å². The lowest BCUT2D eigenvalue weighted by Gasteiger charge is -2.06. The van der Waals surface area contributed by atoms with E-state index in [-0.39, 0.29) is 0 Å². The van der Waals surface area contributed by atoms with Crippen molar-refractivity contribution in [2.45, 2.75) is 18.4 Å². The Balaban J connectivity index is 2.03. The van der Waals surface area contributed by atoms with Gasteiger partial charge in [0.2, 0.25) is 0 Å². The van der Waals surface area contributed by atoms with Crippen LogP contribution in [0.4, 0.5) is 0 Å². The second kappa shape index (κ2) is 2.61. The van der Waals surface area contributed by atoms with Gasteiger partial charge in [0.15, 0.2) is 0 Å². The average molecular weight is 196 g/mol. The van der Waals surface area contributed by atoms with Crippen LogP contribution in [0.3, 0.4) is 0 Å². The van der Waals surface area contributed by atoms with Gasteiger partial charge in [-0.2, -0.15) is 0 Å². The average Bonchev–Trinajstić information content (AvgIpc) is 3.05. The van der Waals surface area contributed by atoms with Gasteiger partial charge in [-0.1, -0.05) is 36.4 Å². The Bertz CT molecular complexity index is 535. The molecule has 2 unspecified atom stereocenters. The molecular weight excluding hydrogens is 184 g/mol. The quantitative estimate of drug-likeness (QED) is 0.639. The zero-order valence-electron chi connectivity index (χ0n) is 8.44. The van der Waals surface area contributed by atoms with Crippen molar-refractivity contribution in [3.63, 3.8) is 0 Å². The molecule has 1 heterocycles. The predicted octanol–water partition coefficient (Wildman–Crippen LogP) is 2.88. The van der Waals surface area contributed by atoms with Crippen molar-refractivity contribution in [1.29, 1.82) is 0 Å². The Kier molecular flexibility index (Phi) is 1.37. The molecule has 0 N–H and O–H groups in total. The molecule has 0 spiro atoms. The third-order valence-corrected chi connectivity index (χ3v) is 3.67. The molecule has 4 rings (SSSR count). The van der Waals surface area contributed by atoms with Gasteiger partial charge in [0.1, 0.15) is 0 Å². The molecule has 2 aliphatic rings. The molecule has 1 saturated heterocycles. The lowest BCUT2D eigenvalue weighted by molar-refractivity contribution is 0.375. The number of ether oxygens (including phenoxy) is 1. The van der Waals surface area contributed by atoms with Crippen molar-refractivity contribution >= 4 is 10.8 Å². The first-order valence-electron chi connectivity index (χ1n) is 5.55. The van der Waals surface area contributed by atoms with E-state index in [1.54, 1.807) is 0 Å². The smallest absolute Gasteiger partial charge is 0.0881 e. The van der Waals surface area contributed by atoms with Gasteiger partial charge in [-0.3, -0.25) is 0 Å². The zero-order chi connectivity index (χ0) is 9.83. The van der Waals surface area contributed by atoms with Gasteiger partial charge in [0, 0.05) is 5.92 Å². The van der Waals surface area contributed by atoms with Crippen LogP contribution < -0.4 is 0 Å². The summed E-state index contributed by atoms with van der Waals surface area (Å²) in [6, 6.07) is 13.3. The molecule has 0 amide bonds. The van der Waals surface area contributed by atoms with Crippen molar-refractivity contribution in [3.8, 4) is 0 Å². The largest absolute Gasteiger partial charge is 0.372 e. The standard InChI is InChI=1S/C14H12O/c1-3-9-4-2-6-11-12(13-8-15-13)7-10(5-1)14(9)11/h1-6,12-13H,7-8H2. The maximum absolute atomic E-state index is 5.45. The summed E-state index contributed by atoms with van der Waals surface area (Å²) in [5.41, 5.74) is 3.01. The van der Waals surface area contributed by atoms with E-state index in [0.29, 0.717) is 12.0 Å². The van der Waals surface area contributed by atoms with Crippen molar-refractivity contribution < 1.29 is 4.74 Å². The van der Waals surface area contributed by atoms with Crippen LogP contribution in [0.5, 0.6) is 0 Å². The van der Waals surface area contributed by atoms with Crippen LogP contribution in [0.25, 0.3) is 10.8 Å². The fourth-order valence-corrected chi connectivity index (χ4v) is 2.90. The molecule has 1 aliphatic carbocycles. The van der Waals surface area contributed by atoms with Gasteiger partial charge in [-0.15, -0.1) is 0 Å². The number of rotatable bonds is 1. The summed E-state index contributed by atoms with van der Waals surface area (Å²) >= 11 is 0. The first-order valence-corrected chi connectivity index (χ1v) is 5.55. The molecule has 2 aromatic carbocycles. The molecule has 2 aromatic rings. The van der Waals surface area contributed by atoms with E-state index < -0.39 is 0 Å². The van der Waals surface area contributed by atoms with Crippen LogP contribution in [0.2, 0.25) is 0 Å². The highest BCUT2D eigenvalue weighted by atomic mass is 16.6. The molecule has 0 aromatic heterocycles. The highest BCUT2D eigenvalue weighted by molar-refractivity contribution is 5.91. The molecule has 0 saturated carbocycles. The van der Waals surface area contributed by atoms with Gasteiger partial charge in [0.25, 0.3) is 0 Å². The Labute approximate surface area is 88.7 Å². The molecule has 15 heavy (non-hydrogen) atoms. The minimum atomic E-state index is 0.489. The van der Waals surface area contributed by atoms with Crippen LogP contribution in [-0.2, 0) is 11.2 Å². The second-order valence-electron chi connectivity index (χ2n) is 4.54. The molecule has 1 fully saturated rings. The topological polar surface area (TPSA) is 12.5 Å². The van der Waals surface area contributed by atoms with Crippen LogP contribution in [-0.4, -0.2) is 12.7 Å². The maximum Gasteiger partial charge on any atom is 0.0881 e. The first-order chi connectivity index (χ1) is 7.43. The van der Waals surface area contributed by atoms with E-state index in [4.69, 9.17) is 4.74 Å². The van der Waals surface area contributed by atoms with Crippen molar-refractivity contribution in [3.05, 3.63) is 47.5 Å². The molecule has 74 valence electrons. The molecule has 0 bridgehead atoms. The molecule has 1 aliphatic heterocycles. The van der Waals surface area contributed by atoms with Gasteiger partial charge >= 0.3 is 0 Å². The number of benzene rings is 2. The van der Waals surface area contributed by atoms with E-state index in [2.05, 4.69) is 36.4 Å². The van der Waals surface area contributed by atoms with E-state index >= 15 is 0 Å². The van der Waals surface area contributed by atoms with Crippen molar-refractivity contribution in [2.75, 3.05) is 6.61 Å². The van der Waals surface area contributed by atoms with E-state index in [1.165, 1.54) is 28.3 Å². The van der Waals surface area contributed by atoms with Crippen LogP contribution >= 0.6 is 0 Å². The van der Waals surface area contributed by atoms with Gasteiger partial charge in [0.05, 0.1) is 12.7 Å². The number of hydrogen-bond acceptors (Lipinski definition) is 1. The Morgan fingerprint density at radius 1 is 1.07 bits per heavy atom. The van der Waals surface area contributed by atoms with Gasteiger partial charge in [-0.25, -0.2) is 0 Å². The minimum Gasteiger partial charge on any atom is -0.372 e. The van der Waals surface area contributed by atoms with Crippen molar-refractivity contribution in [2.24, 2.45) is 0 Å². The minimum absolute atomic E-state index is 0.489. The fraction of sp³-hybridized carbons (Fsp3) is 0.286. The van der Waals surface area contributed by atoms with Gasteiger partial charge < -0.3 is 4.74 Å². The fourth-order valence-electron chi connectivity index (χ4n) is 2.90. The highest BCUT2D eigenvalue weighted by Gasteiger charge is 2.38. The SMILES string of the molecule is c1cc2c3c(cccc3c1)C(C1CO1)C2.